The van der Waals surface area contributed by atoms with E-state index in [1.165, 1.54) is 0 Å². The number of benzene rings is 2. The lowest BCUT2D eigenvalue weighted by Crippen LogP contribution is -2.45. The van der Waals surface area contributed by atoms with Gasteiger partial charge in [0.15, 0.2) is 0 Å². The minimum Gasteiger partial charge on any atom is -0.382 e. The third-order valence-electron chi connectivity index (χ3n) is 4.18. The molecule has 2 nitrogen and oxygen atoms in total. The lowest BCUT2D eigenvalue weighted by Gasteiger charge is -2.39. The third kappa shape index (κ3) is 2.49. The van der Waals surface area contributed by atoms with Crippen molar-refractivity contribution >= 4 is 0 Å². The summed E-state index contributed by atoms with van der Waals surface area (Å²) in [6.45, 7) is 7.29. The average molecular weight is 270 g/mol. The smallest absolute Gasteiger partial charge is 0.119 e. The maximum absolute atomic E-state index is 10.9. The van der Waals surface area contributed by atoms with Crippen molar-refractivity contribution in [2.24, 2.45) is 0 Å². The van der Waals surface area contributed by atoms with E-state index in [0.29, 0.717) is 11.1 Å². The van der Waals surface area contributed by atoms with Crippen LogP contribution in [-0.4, -0.2) is 10.2 Å². The SMILES string of the molecule is Cc1ccc([C@@](C)(O)[C@](C)(O)c2ccc(C)cc2)cc1. The van der Waals surface area contributed by atoms with Gasteiger partial charge in [0.25, 0.3) is 0 Å². The van der Waals surface area contributed by atoms with Crippen LogP contribution in [0.25, 0.3) is 0 Å². The summed E-state index contributed by atoms with van der Waals surface area (Å²) < 4.78 is 0. The maximum atomic E-state index is 10.9. The average Bonchev–Trinajstić information content (AvgIpc) is 2.39. The van der Waals surface area contributed by atoms with Crippen LogP contribution in [0.3, 0.4) is 0 Å². The zero-order valence-corrected chi connectivity index (χ0v) is 12.5. The van der Waals surface area contributed by atoms with Crippen molar-refractivity contribution < 1.29 is 10.2 Å². The minimum absolute atomic E-state index is 0.702. The van der Waals surface area contributed by atoms with Crippen molar-refractivity contribution in [1.29, 1.82) is 0 Å². The van der Waals surface area contributed by atoms with Gasteiger partial charge in [0.05, 0.1) is 0 Å². The van der Waals surface area contributed by atoms with E-state index in [9.17, 15) is 10.2 Å². The zero-order chi connectivity index (χ0) is 15.0. The highest BCUT2D eigenvalue weighted by Gasteiger charge is 2.44. The van der Waals surface area contributed by atoms with Gasteiger partial charge in [-0.05, 0) is 38.8 Å². The molecular formula is C18H22O2. The van der Waals surface area contributed by atoms with Gasteiger partial charge in [-0.2, -0.15) is 0 Å². The summed E-state index contributed by atoms with van der Waals surface area (Å²) in [6, 6.07) is 15.2. The molecule has 0 spiro atoms. The molecule has 0 radical (unpaired) electrons. The molecule has 20 heavy (non-hydrogen) atoms. The molecule has 2 N–H and O–H groups in total. The van der Waals surface area contributed by atoms with Gasteiger partial charge < -0.3 is 10.2 Å². The first kappa shape index (κ1) is 14.8. The highest BCUT2D eigenvalue weighted by Crippen LogP contribution is 2.40. The second kappa shape index (κ2) is 5.04. The number of hydrogen-bond acceptors (Lipinski definition) is 2. The number of aryl methyl sites for hydroxylation is 2. The van der Waals surface area contributed by atoms with Gasteiger partial charge in [0.1, 0.15) is 11.2 Å². The fraction of sp³-hybridized carbons (Fsp3) is 0.333. The molecule has 0 heterocycles. The Morgan fingerprint density at radius 2 is 0.850 bits per heavy atom. The summed E-state index contributed by atoms with van der Waals surface area (Å²) in [5, 5.41) is 21.8. The molecule has 0 saturated carbocycles. The third-order valence-corrected chi connectivity index (χ3v) is 4.18. The number of rotatable bonds is 3. The Hall–Kier alpha value is -1.64. The van der Waals surface area contributed by atoms with Gasteiger partial charge >= 0.3 is 0 Å². The normalized spacial score (nSPS) is 17.3. The lowest BCUT2D eigenvalue weighted by molar-refractivity contribution is -0.143. The van der Waals surface area contributed by atoms with Crippen LogP contribution < -0.4 is 0 Å². The van der Waals surface area contributed by atoms with Crippen molar-refractivity contribution in [2.45, 2.75) is 38.9 Å². The van der Waals surface area contributed by atoms with Crippen LogP contribution in [0.15, 0.2) is 48.5 Å². The molecule has 0 fully saturated rings. The molecule has 0 aliphatic carbocycles. The van der Waals surface area contributed by atoms with E-state index >= 15 is 0 Å². The Bertz CT molecular complexity index is 522. The van der Waals surface area contributed by atoms with Gasteiger partial charge in [-0.25, -0.2) is 0 Å². The molecule has 2 heteroatoms. The second-order valence-electron chi connectivity index (χ2n) is 5.88. The molecule has 2 rings (SSSR count). The van der Waals surface area contributed by atoms with Crippen molar-refractivity contribution in [3.05, 3.63) is 70.8 Å². The van der Waals surface area contributed by atoms with Gasteiger partial charge in [0.2, 0.25) is 0 Å². The summed E-state index contributed by atoms with van der Waals surface area (Å²) >= 11 is 0. The standard InChI is InChI=1S/C18H22O2/c1-13-5-9-15(10-6-13)17(3,19)18(4,20)16-11-7-14(2)8-12-16/h5-12,19-20H,1-4H3/t17-,18-/m1/s1. The zero-order valence-electron chi connectivity index (χ0n) is 12.5. The van der Waals surface area contributed by atoms with E-state index in [0.717, 1.165) is 11.1 Å². The Labute approximate surface area is 120 Å². The molecule has 0 unspecified atom stereocenters. The van der Waals surface area contributed by atoms with Crippen molar-refractivity contribution in [1.82, 2.24) is 0 Å². The Morgan fingerprint density at radius 3 is 1.10 bits per heavy atom. The second-order valence-corrected chi connectivity index (χ2v) is 5.88. The molecular weight excluding hydrogens is 248 g/mol. The van der Waals surface area contributed by atoms with Crippen LogP contribution in [0.5, 0.6) is 0 Å². The Balaban J connectivity index is 2.45. The number of hydrogen-bond donors (Lipinski definition) is 2. The van der Waals surface area contributed by atoms with Gasteiger partial charge in [-0.1, -0.05) is 59.7 Å². The first-order valence-corrected chi connectivity index (χ1v) is 6.84. The molecule has 2 aromatic rings. The highest BCUT2D eigenvalue weighted by molar-refractivity contribution is 5.35. The molecule has 0 amide bonds. The molecule has 0 aliphatic rings. The van der Waals surface area contributed by atoms with E-state index in [-0.39, 0.29) is 0 Å². The maximum Gasteiger partial charge on any atom is 0.119 e. The molecule has 106 valence electrons. The summed E-state index contributed by atoms with van der Waals surface area (Å²) in [4.78, 5) is 0. The first-order valence-electron chi connectivity index (χ1n) is 6.84. The van der Waals surface area contributed by atoms with Crippen molar-refractivity contribution in [3.63, 3.8) is 0 Å². The van der Waals surface area contributed by atoms with E-state index in [1.807, 2.05) is 62.4 Å². The fourth-order valence-electron chi connectivity index (χ4n) is 2.32. The molecule has 0 aromatic heterocycles. The van der Waals surface area contributed by atoms with E-state index in [4.69, 9.17) is 0 Å². The minimum atomic E-state index is -1.37. The summed E-state index contributed by atoms with van der Waals surface area (Å²) in [5.74, 6) is 0. The van der Waals surface area contributed by atoms with E-state index in [2.05, 4.69) is 0 Å². The molecule has 0 aliphatic heterocycles. The van der Waals surface area contributed by atoms with E-state index in [1.54, 1.807) is 13.8 Å². The quantitative estimate of drug-likeness (QED) is 0.897. The highest BCUT2D eigenvalue weighted by atomic mass is 16.4. The van der Waals surface area contributed by atoms with Gasteiger partial charge in [0, 0.05) is 0 Å². The lowest BCUT2D eigenvalue weighted by atomic mass is 9.75. The molecule has 2 aromatic carbocycles. The van der Waals surface area contributed by atoms with Crippen molar-refractivity contribution in [2.75, 3.05) is 0 Å². The molecule has 2 atom stereocenters. The van der Waals surface area contributed by atoms with Crippen LogP contribution in [0.2, 0.25) is 0 Å². The largest absolute Gasteiger partial charge is 0.382 e. The topological polar surface area (TPSA) is 40.5 Å². The summed E-state index contributed by atoms with van der Waals surface area (Å²) in [5.41, 5.74) is 0.924. The first-order chi connectivity index (χ1) is 9.25. The molecule has 0 bridgehead atoms. The van der Waals surface area contributed by atoms with Gasteiger partial charge in [-0.15, -0.1) is 0 Å². The fourth-order valence-corrected chi connectivity index (χ4v) is 2.32. The van der Waals surface area contributed by atoms with Crippen LogP contribution in [-0.2, 0) is 11.2 Å². The summed E-state index contributed by atoms with van der Waals surface area (Å²) in [6.07, 6.45) is 0. The van der Waals surface area contributed by atoms with Crippen LogP contribution in [0.1, 0.15) is 36.1 Å². The van der Waals surface area contributed by atoms with Crippen LogP contribution >= 0.6 is 0 Å². The van der Waals surface area contributed by atoms with Crippen LogP contribution in [0.4, 0.5) is 0 Å². The van der Waals surface area contributed by atoms with Crippen LogP contribution in [0, 0.1) is 13.8 Å². The van der Waals surface area contributed by atoms with Crippen molar-refractivity contribution in [3.8, 4) is 0 Å². The predicted octanol–water partition coefficient (Wildman–Crippen LogP) is 3.42. The molecule has 0 saturated heterocycles. The van der Waals surface area contributed by atoms with Gasteiger partial charge in [-0.3, -0.25) is 0 Å². The van der Waals surface area contributed by atoms with E-state index < -0.39 is 11.2 Å². The Morgan fingerprint density at radius 1 is 0.600 bits per heavy atom. The summed E-state index contributed by atoms with van der Waals surface area (Å²) in [7, 11) is 0. The predicted molar refractivity (Wildman–Crippen MR) is 81.5 cm³/mol. The number of aliphatic hydroxyl groups is 2. The monoisotopic (exact) mass is 270 g/mol. The Kier molecular flexibility index (Phi) is 3.72.